The molecule has 0 radical (unpaired) electrons. The number of thiazole rings is 1. The molecule has 2 aromatic carbocycles. The summed E-state index contributed by atoms with van der Waals surface area (Å²) < 4.78 is 18.6. The Morgan fingerprint density at radius 3 is 2.86 bits per heavy atom. The van der Waals surface area contributed by atoms with E-state index < -0.39 is 18.0 Å². The van der Waals surface area contributed by atoms with Crippen LogP contribution < -0.4 is 14.3 Å². The van der Waals surface area contributed by atoms with Crippen LogP contribution in [-0.2, 0) is 16.1 Å². The second kappa shape index (κ2) is 7.81. The predicted molar refractivity (Wildman–Crippen MR) is 107 cm³/mol. The first kappa shape index (κ1) is 18.8. The zero-order valence-electron chi connectivity index (χ0n) is 15.5. The van der Waals surface area contributed by atoms with Crippen molar-refractivity contribution in [1.82, 2.24) is 4.57 Å². The van der Waals surface area contributed by atoms with Crippen molar-refractivity contribution in [1.29, 1.82) is 0 Å². The van der Waals surface area contributed by atoms with Gasteiger partial charge in [0.2, 0.25) is 6.10 Å². The quantitative estimate of drug-likeness (QED) is 0.491. The van der Waals surface area contributed by atoms with E-state index in [1.165, 1.54) is 18.4 Å². The highest BCUT2D eigenvalue weighted by molar-refractivity contribution is 7.16. The third-order valence-corrected chi connectivity index (χ3v) is 5.38. The molecule has 0 spiro atoms. The molecule has 7 nitrogen and oxygen atoms in total. The molecule has 1 aromatic heterocycles. The fourth-order valence-corrected chi connectivity index (χ4v) is 4.03. The van der Waals surface area contributed by atoms with E-state index in [0.29, 0.717) is 21.9 Å². The van der Waals surface area contributed by atoms with Crippen molar-refractivity contribution in [2.45, 2.75) is 12.6 Å². The van der Waals surface area contributed by atoms with Gasteiger partial charge < -0.3 is 18.8 Å². The molecule has 1 amide bonds. The molecule has 2 heterocycles. The molecule has 0 saturated carbocycles. The summed E-state index contributed by atoms with van der Waals surface area (Å²) in [6.45, 7) is 0.306. The van der Waals surface area contributed by atoms with Crippen LogP contribution >= 0.6 is 11.3 Å². The summed E-state index contributed by atoms with van der Waals surface area (Å²) in [5.41, 5.74) is 1.19. The Morgan fingerprint density at radius 2 is 2.10 bits per heavy atom. The first-order chi connectivity index (χ1) is 14.1. The molecule has 4 rings (SSSR count). The fraction of sp³-hybridized carbons (Fsp3) is 0.190. The molecular weight excluding hydrogens is 392 g/mol. The van der Waals surface area contributed by atoms with Gasteiger partial charge in [-0.05, 0) is 30.3 Å². The number of benzene rings is 2. The molecular formula is C21H16N2O5S. The number of esters is 1. The Bertz CT molecular complexity index is 1220. The molecule has 1 unspecified atom stereocenters. The van der Waals surface area contributed by atoms with Crippen molar-refractivity contribution in [2.75, 3.05) is 13.7 Å². The van der Waals surface area contributed by atoms with E-state index in [1.807, 2.05) is 6.07 Å². The molecule has 1 atom stereocenters. The van der Waals surface area contributed by atoms with Crippen LogP contribution in [0.2, 0.25) is 0 Å². The number of ether oxygens (including phenoxy) is 3. The Morgan fingerprint density at radius 1 is 1.31 bits per heavy atom. The molecule has 29 heavy (non-hydrogen) atoms. The van der Waals surface area contributed by atoms with Crippen molar-refractivity contribution in [3.05, 3.63) is 52.8 Å². The van der Waals surface area contributed by atoms with E-state index in [1.54, 1.807) is 41.0 Å². The van der Waals surface area contributed by atoms with E-state index in [-0.39, 0.29) is 13.2 Å². The predicted octanol–water partition coefficient (Wildman–Crippen LogP) is 2.39. The molecule has 1 aliphatic rings. The average Bonchev–Trinajstić information content (AvgIpc) is 3.09. The van der Waals surface area contributed by atoms with Gasteiger partial charge in [0.1, 0.15) is 6.61 Å². The molecule has 0 aliphatic carbocycles. The smallest absolute Gasteiger partial charge is 0.337 e. The van der Waals surface area contributed by atoms with Gasteiger partial charge in [-0.25, -0.2) is 4.79 Å². The number of aromatic nitrogens is 1. The Hall–Kier alpha value is -3.57. The zero-order valence-corrected chi connectivity index (χ0v) is 16.3. The van der Waals surface area contributed by atoms with E-state index in [0.717, 1.165) is 10.2 Å². The summed E-state index contributed by atoms with van der Waals surface area (Å²) in [6, 6.07) is 12.2. The average molecular weight is 408 g/mol. The summed E-state index contributed by atoms with van der Waals surface area (Å²) in [4.78, 5) is 29.2. The lowest BCUT2D eigenvalue weighted by Gasteiger charge is -2.23. The van der Waals surface area contributed by atoms with Gasteiger partial charge in [0.25, 0.3) is 5.91 Å². The van der Waals surface area contributed by atoms with Gasteiger partial charge in [0, 0.05) is 0 Å². The van der Waals surface area contributed by atoms with E-state index in [9.17, 15) is 9.59 Å². The second-order valence-corrected chi connectivity index (χ2v) is 7.17. The van der Waals surface area contributed by atoms with Gasteiger partial charge in [-0.1, -0.05) is 29.4 Å². The van der Waals surface area contributed by atoms with Gasteiger partial charge in [0.15, 0.2) is 16.3 Å². The molecule has 0 bridgehead atoms. The highest BCUT2D eigenvalue weighted by Gasteiger charge is 2.27. The number of carbonyl (C=O) groups is 2. The third-order valence-electron chi connectivity index (χ3n) is 4.34. The topological polar surface area (TPSA) is 79.1 Å². The van der Waals surface area contributed by atoms with Crippen LogP contribution in [0.1, 0.15) is 10.4 Å². The van der Waals surface area contributed by atoms with Crippen molar-refractivity contribution in [2.24, 2.45) is 4.99 Å². The standard InChI is InChI=1S/C21H16N2O5S/c1-3-10-23-14-9-8-13(20(25)26-2)11-18(14)29-21(23)22-19(24)17-12-27-15-6-4-5-7-16(15)28-17/h1,4-9,11,17H,10,12H2,2H3. The Labute approximate surface area is 170 Å². The first-order valence-corrected chi connectivity index (χ1v) is 9.54. The van der Waals surface area contributed by atoms with Crippen LogP contribution in [0.3, 0.4) is 0 Å². The summed E-state index contributed by atoms with van der Waals surface area (Å²) in [6.07, 6.45) is 4.65. The van der Waals surface area contributed by atoms with Crippen LogP contribution in [0.4, 0.5) is 0 Å². The van der Waals surface area contributed by atoms with Gasteiger partial charge in [-0.3, -0.25) is 4.79 Å². The van der Waals surface area contributed by atoms with E-state index in [4.69, 9.17) is 20.6 Å². The number of nitrogens with zero attached hydrogens (tertiary/aromatic N) is 2. The molecule has 0 fully saturated rings. The van der Waals surface area contributed by atoms with Crippen molar-refractivity contribution in [3.63, 3.8) is 0 Å². The minimum atomic E-state index is -0.847. The molecule has 146 valence electrons. The summed E-state index contributed by atoms with van der Waals surface area (Å²) in [5, 5.41) is 0. The molecule has 8 heteroatoms. The number of carbonyl (C=O) groups excluding carboxylic acids is 2. The largest absolute Gasteiger partial charge is 0.485 e. The number of fused-ring (bicyclic) bond motifs is 2. The van der Waals surface area contributed by atoms with Crippen LogP contribution in [0.15, 0.2) is 47.5 Å². The lowest BCUT2D eigenvalue weighted by molar-refractivity contribution is -0.127. The normalized spacial score (nSPS) is 15.7. The highest BCUT2D eigenvalue weighted by Crippen LogP contribution is 2.31. The van der Waals surface area contributed by atoms with Gasteiger partial charge >= 0.3 is 5.97 Å². The van der Waals surface area contributed by atoms with Crippen molar-refractivity contribution >= 4 is 33.4 Å². The SMILES string of the molecule is C#CCn1c(=NC(=O)C2COc3ccccc3O2)sc2cc(C(=O)OC)ccc21. The fourth-order valence-electron chi connectivity index (χ4n) is 2.95. The maximum Gasteiger partial charge on any atom is 0.337 e. The first-order valence-electron chi connectivity index (χ1n) is 8.73. The molecule has 0 saturated heterocycles. The van der Waals surface area contributed by atoms with Crippen molar-refractivity contribution < 1.29 is 23.8 Å². The Balaban J connectivity index is 1.71. The second-order valence-electron chi connectivity index (χ2n) is 6.16. The maximum absolute atomic E-state index is 12.7. The number of amides is 1. The summed E-state index contributed by atoms with van der Waals surface area (Å²) in [5.74, 6) is 2.76. The maximum atomic E-state index is 12.7. The van der Waals surface area contributed by atoms with Crippen LogP contribution in [0, 0.1) is 12.3 Å². The third kappa shape index (κ3) is 3.60. The van der Waals surface area contributed by atoms with Gasteiger partial charge in [0.05, 0.1) is 29.4 Å². The number of hydrogen-bond acceptors (Lipinski definition) is 6. The monoisotopic (exact) mass is 408 g/mol. The van der Waals surface area contributed by atoms with Crippen molar-refractivity contribution in [3.8, 4) is 23.8 Å². The number of hydrogen-bond donors (Lipinski definition) is 0. The van der Waals surface area contributed by atoms with Crippen LogP contribution in [-0.4, -0.2) is 36.3 Å². The Kier molecular flexibility index (Phi) is 5.06. The minimum Gasteiger partial charge on any atom is -0.485 e. The van der Waals surface area contributed by atoms with Gasteiger partial charge in [-0.15, -0.1) is 6.42 Å². The van der Waals surface area contributed by atoms with Crippen LogP contribution in [0.25, 0.3) is 10.2 Å². The lowest BCUT2D eigenvalue weighted by atomic mass is 10.2. The van der Waals surface area contributed by atoms with E-state index in [2.05, 4.69) is 10.9 Å². The lowest BCUT2D eigenvalue weighted by Crippen LogP contribution is -2.36. The summed E-state index contributed by atoms with van der Waals surface area (Å²) >= 11 is 1.26. The minimum absolute atomic E-state index is 0.0753. The number of terminal acetylenes is 1. The molecule has 1 aliphatic heterocycles. The summed E-state index contributed by atoms with van der Waals surface area (Å²) in [7, 11) is 1.32. The zero-order chi connectivity index (χ0) is 20.4. The number of rotatable bonds is 3. The molecule has 3 aromatic rings. The highest BCUT2D eigenvalue weighted by atomic mass is 32.1. The van der Waals surface area contributed by atoms with E-state index >= 15 is 0 Å². The number of para-hydroxylation sites is 2. The molecule has 0 N–H and O–H groups in total. The number of methoxy groups -OCH3 is 1. The van der Waals surface area contributed by atoms with Gasteiger partial charge in [-0.2, -0.15) is 4.99 Å². The van der Waals surface area contributed by atoms with Crippen LogP contribution in [0.5, 0.6) is 11.5 Å².